The Labute approximate surface area is 126 Å². The van der Waals surface area contributed by atoms with Crippen molar-refractivity contribution in [2.45, 2.75) is 44.6 Å². The molecule has 1 aromatic heterocycles. The van der Waals surface area contributed by atoms with Crippen LogP contribution in [0.4, 0.5) is 0 Å². The highest BCUT2D eigenvalue weighted by molar-refractivity contribution is 5.75. The zero-order valence-corrected chi connectivity index (χ0v) is 12.6. The molecule has 1 aliphatic rings. The van der Waals surface area contributed by atoms with E-state index in [1.807, 2.05) is 24.5 Å². The highest BCUT2D eigenvalue weighted by atomic mass is 16.4. The van der Waals surface area contributed by atoms with Gasteiger partial charge in [0.05, 0.1) is 0 Å². The molecule has 0 saturated carbocycles. The first-order chi connectivity index (χ1) is 10.2. The van der Waals surface area contributed by atoms with E-state index in [0.29, 0.717) is 5.92 Å². The fourth-order valence-corrected chi connectivity index (χ4v) is 2.90. The molecule has 0 amide bonds. The van der Waals surface area contributed by atoms with E-state index in [0.717, 1.165) is 38.8 Å². The van der Waals surface area contributed by atoms with Gasteiger partial charge in [0.25, 0.3) is 0 Å². The number of piperidine rings is 1. The molecule has 1 unspecified atom stereocenters. The van der Waals surface area contributed by atoms with E-state index < -0.39 is 12.0 Å². The molecule has 1 atom stereocenters. The number of likely N-dealkylation sites (tertiary alicyclic amines) is 1. The molecule has 1 saturated heterocycles. The Morgan fingerprint density at radius 1 is 1.43 bits per heavy atom. The molecular weight excluding hydrogens is 264 g/mol. The number of carboxylic acids is 1. The van der Waals surface area contributed by atoms with Gasteiger partial charge in [0.1, 0.15) is 6.04 Å². The number of aromatic nitrogens is 1. The molecule has 0 aromatic carbocycles. The van der Waals surface area contributed by atoms with Crippen LogP contribution in [-0.2, 0) is 4.79 Å². The Bertz CT molecular complexity index is 465. The monoisotopic (exact) mass is 288 g/mol. The first-order valence-electron chi connectivity index (χ1n) is 7.75. The van der Waals surface area contributed by atoms with Gasteiger partial charge in [-0.3, -0.25) is 14.7 Å². The number of allylic oxidation sites excluding steroid dienone is 1. The normalized spacial score (nSPS) is 18.9. The van der Waals surface area contributed by atoms with Crippen LogP contribution in [0.1, 0.15) is 44.1 Å². The van der Waals surface area contributed by atoms with Gasteiger partial charge in [-0.2, -0.15) is 0 Å². The van der Waals surface area contributed by atoms with Gasteiger partial charge in [0.15, 0.2) is 0 Å². The molecule has 0 aliphatic carbocycles. The fourth-order valence-electron chi connectivity index (χ4n) is 2.90. The van der Waals surface area contributed by atoms with E-state index >= 15 is 0 Å². The summed E-state index contributed by atoms with van der Waals surface area (Å²) in [4.78, 5) is 17.6. The highest BCUT2D eigenvalue weighted by Gasteiger charge is 2.28. The second kappa shape index (κ2) is 7.93. The van der Waals surface area contributed by atoms with Crippen molar-refractivity contribution >= 4 is 5.97 Å². The van der Waals surface area contributed by atoms with Crippen molar-refractivity contribution in [3.05, 3.63) is 42.2 Å². The molecule has 21 heavy (non-hydrogen) atoms. The van der Waals surface area contributed by atoms with Crippen LogP contribution in [0.2, 0.25) is 0 Å². The number of hydrogen-bond donors (Lipinski definition) is 1. The van der Waals surface area contributed by atoms with Gasteiger partial charge in [0, 0.05) is 12.4 Å². The molecule has 4 nitrogen and oxygen atoms in total. The van der Waals surface area contributed by atoms with Crippen LogP contribution in [0.25, 0.3) is 0 Å². The van der Waals surface area contributed by atoms with Gasteiger partial charge in [-0.1, -0.05) is 25.5 Å². The third kappa shape index (κ3) is 4.39. The first kappa shape index (κ1) is 15.7. The summed E-state index contributed by atoms with van der Waals surface area (Å²) in [6.07, 6.45) is 11.5. The summed E-state index contributed by atoms with van der Waals surface area (Å²) in [7, 11) is 0. The lowest BCUT2D eigenvalue weighted by Crippen LogP contribution is -2.44. The lowest BCUT2D eigenvalue weighted by Gasteiger charge is -2.34. The van der Waals surface area contributed by atoms with Gasteiger partial charge in [0.2, 0.25) is 0 Å². The van der Waals surface area contributed by atoms with E-state index in [4.69, 9.17) is 0 Å². The maximum Gasteiger partial charge on any atom is 0.324 e. The molecule has 1 aromatic rings. The molecule has 4 heteroatoms. The molecule has 2 rings (SSSR count). The quantitative estimate of drug-likeness (QED) is 0.817. The molecule has 0 radical (unpaired) electrons. The standard InChI is InChI=1S/C17H24N2O2/c1-2-3-4-5-16(17(20)21)19-12-8-15(9-13-19)14-6-10-18-11-7-14/h4-7,10-11,15-16H,2-3,8-9,12-13H2,1H3,(H,20,21)/b5-4+. The number of hydrogen-bond acceptors (Lipinski definition) is 3. The zero-order valence-electron chi connectivity index (χ0n) is 12.6. The predicted molar refractivity (Wildman–Crippen MR) is 83.3 cm³/mol. The number of aliphatic carboxylic acids is 1. The van der Waals surface area contributed by atoms with Gasteiger partial charge < -0.3 is 5.11 Å². The van der Waals surface area contributed by atoms with E-state index in [2.05, 4.69) is 28.9 Å². The summed E-state index contributed by atoms with van der Waals surface area (Å²) in [6, 6.07) is 3.65. The summed E-state index contributed by atoms with van der Waals surface area (Å²) >= 11 is 0. The third-order valence-electron chi connectivity index (χ3n) is 4.13. The molecule has 2 heterocycles. The topological polar surface area (TPSA) is 53.4 Å². The Balaban J connectivity index is 1.93. The Morgan fingerprint density at radius 3 is 2.67 bits per heavy atom. The average molecular weight is 288 g/mol. The summed E-state index contributed by atoms with van der Waals surface area (Å²) < 4.78 is 0. The summed E-state index contributed by atoms with van der Waals surface area (Å²) in [5.41, 5.74) is 1.32. The highest BCUT2D eigenvalue weighted by Crippen LogP contribution is 2.28. The van der Waals surface area contributed by atoms with Crippen LogP contribution >= 0.6 is 0 Å². The maximum atomic E-state index is 11.4. The molecule has 1 fully saturated rings. The minimum absolute atomic E-state index is 0.477. The van der Waals surface area contributed by atoms with Gasteiger partial charge in [-0.15, -0.1) is 0 Å². The number of nitrogens with zero attached hydrogens (tertiary/aromatic N) is 2. The number of unbranched alkanes of at least 4 members (excludes halogenated alkanes) is 1. The molecule has 0 bridgehead atoms. The average Bonchev–Trinajstić information content (AvgIpc) is 2.52. The lowest BCUT2D eigenvalue weighted by atomic mass is 9.89. The van der Waals surface area contributed by atoms with Crippen LogP contribution in [0.15, 0.2) is 36.7 Å². The number of pyridine rings is 1. The minimum atomic E-state index is -0.746. The van der Waals surface area contributed by atoms with Crippen LogP contribution in [0.5, 0.6) is 0 Å². The van der Waals surface area contributed by atoms with E-state index in [1.54, 1.807) is 0 Å². The summed E-state index contributed by atoms with van der Waals surface area (Å²) in [5, 5.41) is 9.41. The summed E-state index contributed by atoms with van der Waals surface area (Å²) in [6.45, 7) is 3.77. The van der Waals surface area contributed by atoms with Crippen LogP contribution < -0.4 is 0 Å². The fraction of sp³-hybridized carbons (Fsp3) is 0.529. The van der Waals surface area contributed by atoms with Crippen molar-refractivity contribution < 1.29 is 9.90 Å². The van der Waals surface area contributed by atoms with Crippen molar-refractivity contribution in [2.75, 3.05) is 13.1 Å². The van der Waals surface area contributed by atoms with Crippen molar-refractivity contribution in [3.63, 3.8) is 0 Å². The molecule has 1 N–H and O–H groups in total. The number of carbonyl (C=O) groups is 1. The smallest absolute Gasteiger partial charge is 0.324 e. The first-order valence-corrected chi connectivity index (χ1v) is 7.75. The van der Waals surface area contributed by atoms with Crippen LogP contribution in [-0.4, -0.2) is 40.1 Å². The molecular formula is C17H24N2O2. The van der Waals surface area contributed by atoms with Crippen molar-refractivity contribution in [1.82, 2.24) is 9.88 Å². The maximum absolute atomic E-state index is 11.4. The molecule has 1 aliphatic heterocycles. The van der Waals surface area contributed by atoms with Gasteiger partial charge >= 0.3 is 5.97 Å². The van der Waals surface area contributed by atoms with Crippen molar-refractivity contribution in [2.24, 2.45) is 0 Å². The number of carboxylic acid groups (broad SMARTS) is 1. The molecule has 0 spiro atoms. The number of rotatable bonds is 6. The van der Waals surface area contributed by atoms with E-state index in [-0.39, 0.29) is 0 Å². The SMILES string of the molecule is CCC/C=C/C(C(=O)O)N1CCC(c2ccncc2)CC1. The third-order valence-corrected chi connectivity index (χ3v) is 4.13. The predicted octanol–water partition coefficient (Wildman–Crippen LogP) is 3.07. The Kier molecular flexibility index (Phi) is 5.93. The minimum Gasteiger partial charge on any atom is -0.480 e. The lowest BCUT2D eigenvalue weighted by molar-refractivity contribution is -0.141. The van der Waals surface area contributed by atoms with Gasteiger partial charge in [-0.25, -0.2) is 0 Å². The largest absolute Gasteiger partial charge is 0.480 e. The zero-order chi connectivity index (χ0) is 15.1. The summed E-state index contributed by atoms with van der Waals surface area (Å²) in [5.74, 6) is -0.219. The Morgan fingerprint density at radius 2 is 2.10 bits per heavy atom. The Hall–Kier alpha value is -1.68. The van der Waals surface area contributed by atoms with E-state index in [9.17, 15) is 9.90 Å². The molecule has 114 valence electrons. The second-order valence-electron chi connectivity index (χ2n) is 5.59. The van der Waals surface area contributed by atoms with Crippen molar-refractivity contribution in [3.8, 4) is 0 Å². The second-order valence-corrected chi connectivity index (χ2v) is 5.59. The van der Waals surface area contributed by atoms with Crippen LogP contribution in [0, 0.1) is 0 Å². The van der Waals surface area contributed by atoms with Crippen molar-refractivity contribution in [1.29, 1.82) is 0 Å². The van der Waals surface area contributed by atoms with E-state index in [1.165, 1.54) is 5.56 Å². The van der Waals surface area contributed by atoms with Gasteiger partial charge in [-0.05, 0) is 56.0 Å². The van der Waals surface area contributed by atoms with Crippen LogP contribution in [0.3, 0.4) is 0 Å².